The van der Waals surface area contributed by atoms with Crippen molar-refractivity contribution in [3.8, 4) is 23.0 Å². The number of benzene rings is 3. The Morgan fingerprint density at radius 3 is 1.76 bits per heavy atom. The number of hydrogen-bond donors (Lipinski definition) is 0. The molecule has 0 amide bonds. The fourth-order valence-electron chi connectivity index (χ4n) is 2.40. The highest BCUT2D eigenvalue weighted by Crippen LogP contribution is 2.26. The van der Waals surface area contributed by atoms with Crippen LogP contribution in [0.4, 0.5) is 0 Å². The summed E-state index contributed by atoms with van der Waals surface area (Å²) in [5.41, 5.74) is 1.07. The number of rotatable bonds is 6. The third-order valence-corrected chi connectivity index (χ3v) is 3.71. The molecule has 0 saturated heterocycles. The summed E-state index contributed by atoms with van der Waals surface area (Å²) < 4.78 is 16.2. The van der Waals surface area contributed by atoms with Crippen molar-refractivity contribution < 1.29 is 19.0 Å². The van der Waals surface area contributed by atoms with Crippen LogP contribution in [0, 0.1) is 0 Å². The van der Waals surface area contributed by atoms with Crippen LogP contribution in [0.5, 0.6) is 23.0 Å². The highest BCUT2D eigenvalue weighted by molar-refractivity contribution is 6.09. The quantitative estimate of drug-likeness (QED) is 0.612. The summed E-state index contributed by atoms with van der Waals surface area (Å²) in [6.07, 6.45) is 0. The van der Waals surface area contributed by atoms with E-state index in [4.69, 9.17) is 14.2 Å². The van der Waals surface area contributed by atoms with Gasteiger partial charge >= 0.3 is 0 Å². The molecule has 0 saturated carbocycles. The Bertz CT molecular complexity index is 833. The van der Waals surface area contributed by atoms with Crippen LogP contribution in [0.1, 0.15) is 15.9 Å². The average molecular weight is 334 g/mol. The van der Waals surface area contributed by atoms with Crippen molar-refractivity contribution in [2.24, 2.45) is 0 Å². The number of ether oxygens (including phenoxy) is 3. The molecule has 3 rings (SSSR count). The van der Waals surface area contributed by atoms with Gasteiger partial charge in [-0.05, 0) is 48.5 Å². The van der Waals surface area contributed by atoms with Crippen molar-refractivity contribution in [2.45, 2.75) is 0 Å². The Labute approximate surface area is 146 Å². The largest absolute Gasteiger partial charge is 0.497 e. The van der Waals surface area contributed by atoms with Crippen molar-refractivity contribution >= 4 is 5.78 Å². The van der Waals surface area contributed by atoms with Gasteiger partial charge in [0.1, 0.15) is 23.0 Å². The number of hydrogen-bond acceptors (Lipinski definition) is 4. The first-order valence-electron chi connectivity index (χ1n) is 7.80. The summed E-state index contributed by atoms with van der Waals surface area (Å²) in [7, 11) is 3.11. The number of para-hydroxylation sites is 1. The van der Waals surface area contributed by atoms with Crippen LogP contribution < -0.4 is 14.2 Å². The predicted molar refractivity (Wildman–Crippen MR) is 95.9 cm³/mol. The van der Waals surface area contributed by atoms with Crippen LogP contribution in [0.2, 0.25) is 0 Å². The SMILES string of the molecule is COc1cc(OC)cc(C(=O)c2ccc(Oc3ccccc3)cc2)c1. The minimum absolute atomic E-state index is 0.108. The van der Waals surface area contributed by atoms with Crippen LogP contribution in [-0.2, 0) is 0 Å². The Balaban J connectivity index is 1.81. The first-order chi connectivity index (χ1) is 12.2. The molecule has 0 fully saturated rings. The predicted octanol–water partition coefficient (Wildman–Crippen LogP) is 4.73. The maximum Gasteiger partial charge on any atom is 0.193 e. The van der Waals surface area contributed by atoms with Crippen LogP contribution >= 0.6 is 0 Å². The third-order valence-electron chi connectivity index (χ3n) is 3.71. The second kappa shape index (κ2) is 7.53. The maximum absolute atomic E-state index is 12.7. The van der Waals surface area contributed by atoms with Gasteiger partial charge in [-0.2, -0.15) is 0 Å². The molecular weight excluding hydrogens is 316 g/mol. The third kappa shape index (κ3) is 3.98. The van der Waals surface area contributed by atoms with Crippen LogP contribution in [0.3, 0.4) is 0 Å². The normalized spacial score (nSPS) is 10.2. The lowest BCUT2D eigenvalue weighted by Gasteiger charge is -2.09. The maximum atomic E-state index is 12.7. The molecule has 0 aromatic heterocycles. The molecule has 3 aromatic rings. The zero-order chi connectivity index (χ0) is 17.6. The summed E-state index contributed by atoms with van der Waals surface area (Å²) in [6.45, 7) is 0. The van der Waals surface area contributed by atoms with Gasteiger partial charge in [-0.15, -0.1) is 0 Å². The van der Waals surface area contributed by atoms with Gasteiger partial charge in [-0.3, -0.25) is 4.79 Å². The number of carbonyl (C=O) groups is 1. The van der Waals surface area contributed by atoms with Crippen LogP contribution in [0.15, 0.2) is 72.8 Å². The first kappa shape index (κ1) is 16.6. The number of methoxy groups -OCH3 is 2. The van der Waals surface area contributed by atoms with Crippen molar-refractivity contribution in [1.29, 1.82) is 0 Å². The highest BCUT2D eigenvalue weighted by Gasteiger charge is 2.12. The van der Waals surface area contributed by atoms with E-state index in [0.29, 0.717) is 28.4 Å². The zero-order valence-electron chi connectivity index (χ0n) is 14.1. The number of ketones is 1. The van der Waals surface area contributed by atoms with E-state index >= 15 is 0 Å². The molecule has 0 atom stereocenters. The Morgan fingerprint density at radius 1 is 0.640 bits per heavy atom. The molecule has 0 aliphatic rings. The molecule has 0 N–H and O–H groups in total. The van der Waals surface area contributed by atoms with Gasteiger partial charge in [0.2, 0.25) is 0 Å². The second-order valence-electron chi connectivity index (χ2n) is 5.37. The van der Waals surface area contributed by atoms with Crippen molar-refractivity contribution in [2.75, 3.05) is 14.2 Å². The molecule has 4 heteroatoms. The Hall–Kier alpha value is -3.27. The van der Waals surface area contributed by atoms with Gasteiger partial charge < -0.3 is 14.2 Å². The molecule has 25 heavy (non-hydrogen) atoms. The molecule has 0 aliphatic carbocycles. The molecule has 0 spiro atoms. The van der Waals surface area contributed by atoms with Gasteiger partial charge in [0, 0.05) is 17.2 Å². The summed E-state index contributed by atoms with van der Waals surface area (Å²) in [5.74, 6) is 2.46. The molecule has 0 radical (unpaired) electrons. The van der Waals surface area contributed by atoms with Crippen molar-refractivity contribution in [3.63, 3.8) is 0 Å². The summed E-state index contributed by atoms with van der Waals surface area (Å²) >= 11 is 0. The monoisotopic (exact) mass is 334 g/mol. The molecule has 0 unspecified atom stereocenters. The van der Waals surface area contributed by atoms with E-state index in [0.717, 1.165) is 5.75 Å². The summed E-state index contributed by atoms with van der Waals surface area (Å²) in [5, 5.41) is 0. The number of carbonyl (C=O) groups excluding carboxylic acids is 1. The van der Waals surface area contributed by atoms with E-state index in [1.54, 1.807) is 56.7 Å². The highest BCUT2D eigenvalue weighted by atomic mass is 16.5. The molecule has 0 heterocycles. The Morgan fingerprint density at radius 2 is 1.20 bits per heavy atom. The van der Waals surface area contributed by atoms with Gasteiger partial charge in [0.05, 0.1) is 14.2 Å². The lowest BCUT2D eigenvalue weighted by Crippen LogP contribution is -2.02. The Kier molecular flexibility index (Phi) is 5.00. The fraction of sp³-hybridized carbons (Fsp3) is 0.0952. The molecule has 126 valence electrons. The van der Waals surface area contributed by atoms with Crippen molar-refractivity contribution in [1.82, 2.24) is 0 Å². The molecule has 0 bridgehead atoms. The lowest BCUT2D eigenvalue weighted by molar-refractivity contribution is 0.103. The van der Waals surface area contributed by atoms with E-state index in [1.807, 2.05) is 30.3 Å². The van der Waals surface area contributed by atoms with Crippen LogP contribution in [0.25, 0.3) is 0 Å². The molecular formula is C21H18O4. The van der Waals surface area contributed by atoms with E-state index in [2.05, 4.69) is 0 Å². The standard InChI is InChI=1S/C21H18O4/c1-23-19-12-16(13-20(14-19)24-2)21(22)15-8-10-18(11-9-15)25-17-6-4-3-5-7-17/h3-14H,1-2H3. The van der Waals surface area contributed by atoms with E-state index < -0.39 is 0 Å². The minimum atomic E-state index is -0.108. The van der Waals surface area contributed by atoms with Gasteiger partial charge in [-0.25, -0.2) is 0 Å². The van der Waals surface area contributed by atoms with Crippen molar-refractivity contribution in [3.05, 3.63) is 83.9 Å². The van der Waals surface area contributed by atoms with E-state index in [-0.39, 0.29) is 5.78 Å². The second-order valence-corrected chi connectivity index (χ2v) is 5.37. The van der Waals surface area contributed by atoms with Crippen LogP contribution in [-0.4, -0.2) is 20.0 Å². The van der Waals surface area contributed by atoms with Gasteiger partial charge in [0.15, 0.2) is 5.78 Å². The van der Waals surface area contributed by atoms with Gasteiger partial charge in [0.25, 0.3) is 0 Å². The molecule has 3 aromatic carbocycles. The fourth-order valence-corrected chi connectivity index (χ4v) is 2.40. The summed E-state index contributed by atoms with van der Waals surface area (Å²) in [4.78, 5) is 12.7. The average Bonchev–Trinajstić information content (AvgIpc) is 2.68. The van der Waals surface area contributed by atoms with Gasteiger partial charge in [-0.1, -0.05) is 18.2 Å². The first-order valence-corrected chi connectivity index (χ1v) is 7.80. The molecule has 0 aliphatic heterocycles. The van der Waals surface area contributed by atoms with E-state index in [9.17, 15) is 4.79 Å². The summed E-state index contributed by atoms with van der Waals surface area (Å²) in [6, 6.07) is 21.6. The van der Waals surface area contributed by atoms with E-state index in [1.165, 1.54) is 0 Å². The lowest BCUT2D eigenvalue weighted by atomic mass is 10.0. The zero-order valence-corrected chi connectivity index (χ0v) is 14.1. The topological polar surface area (TPSA) is 44.8 Å². The minimum Gasteiger partial charge on any atom is -0.497 e. The smallest absolute Gasteiger partial charge is 0.193 e. The molecule has 4 nitrogen and oxygen atoms in total.